The number of hydrogen-bond donors (Lipinski definition) is 1. The average molecular weight is 334 g/mol. The molecule has 21 heavy (non-hydrogen) atoms. The molecule has 2 unspecified atom stereocenters. The number of hydrogen-bond acceptors (Lipinski definition) is 4. The largest absolute Gasteiger partial charge is 0.327 e. The number of benzene rings is 1. The van der Waals surface area contributed by atoms with Crippen molar-refractivity contribution in [3.63, 3.8) is 0 Å². The zero-order valence-electron chi connectivity index (χ0n) is 12.0. The van der Waals surface area contributed by atoms with Gasteiger partial charge >= 0.3 is 0 Å². The highest BCUT2D eigenvalue weighted by atomic mass is 35.5. The zero-order valence-corrected chi connectivity index (χ0v) is 13.6. The molecule has 1 aliphatic heterocycles. The molecule has 1 fully saturated rings. The molecule has 2 rings (SSSR count). The van der Waals surface area contributed by atoms with E-state index in [1.54, 1.807) is 12.1 Å². The number of rotatable bonds is 4. The van der Waals surface area contributed by atoms with Crippen LogP contribution in [0, 0.1) is 10.1 Å². The fourth-order valence-corrected chi connectivity index (χ4v) is 3.03. The van der Waals surface area contributed by atoms with Crippen molar-refractivity contribution in [2.45, 2.75) is 44.8 Å². The fourth-order valence-electron chi connectivity index (χ4n) is 2.84. The van der Waals surface area contributed by atoms with Crippen LogP contribution in [-0.2, 0) is 6.54 Å². The van der Waals surface area contributed by atoms with Gasteiger partial charge in [0.25, 0.3) is 5.69 Å². The van der Waals surface area contributed by atoms with Gasteiger partial charge in [-0.3, -0.25) is 15.0 Å². The summed E-state index contributed by atoms with van der Waals surface area (Å²) < 4.78 is 0. The summed E-state index contributed by atoms with van der Waals surface area (Å²) in [4.78, 5) is 12.8. The summed E-state index contributed by atoms with van der Waals surface area (Å²) in [6.07, 6.45) is 3.44. The molecule has 0 saturated carbocycles. The van der Waals surface area contributed by atoms with Crippen LogP contribution < -0.4 is 5.73 Å². The van der Waals surface area contributed by atoms with Crippen molar-refractivity contribution in [3.8, 4) is 0 Å². The minimum Gasteiger partial charge on any atom is -0.327 e. The van der Waals surface area contributed by atoms with Gasteiger partial charge in [-0.25, -0.2) is 0 Å². The number of halogens is 2. The molecular weight excluding hydrogens is 313 g/mol. The van der Waals surface area contributed by atoms with Crippen molar-refractivity contribution in [1.29, 1.82) is 0 Å². The third-order valence-electron chi connectivity index (χ3n) is 3.86. The van der Waals surface area contributed by atoms with Gasteiger partial charge < -0.3 is 5.73 Å². The molecule has 0 spiro atoms. The summed E-state index contributed by atoms with van der Waals surface area (Å²) in [7, 11) is 0. The van der Waals surface area contributed by atoms with E-state index in [4.69, 9.17) is 17.3 Å². The van der Waals surface area contributed by atoms with E-state index in [0.717, 1.165) is 24.9 Å². The monoisotopic (exact) mass is 333 g/mol. The van der Waals surface area contributed by atoms with Crippen LogP contribution in [0.15, 0.2) is 18.2 Å². The van der Waals surface area contributed by atoms with Crippen LogP contribution in [0.1, 0.15) is 31.7 Å². The highest BCUT2D eigenvalue weighted by Gasteiger charge is 2.25. The Morgan fingerprint density at radius 2 is 2.24 bits per heavy atom. The van der Waals surface area contributed by atoms with E-state index in [-0.39, 0.29) is 29.2 Å². The minimum atomic E-state index is -0.439. The number of piperidine rings is 1. The Morgan fingerprint density at radius 3 is 2.86 bits per heavy atom. The third kappa shape index (κ3) is 4.54. The lowest BCUT2D eigenvalue weighted by molar-refractivity contribution is -0.384. The van der Waals surface area contributed by atoms with Gasteiger partial charge in [0.1, 0.15) is 5.02 Å². The van der Waals surface area contributed by atoms with Crippen molar-refractivity contribution < 1.29 is 4.92 Å². The van der Waals surface area contributed by atoms with Crippen LogP contribution >= 0.6 is 24.0 Å². The van der Waals surface area contributed by atoms with Crippen molar-refractivity contribution in [1.82, 2.24) is 4.90 Å². The fraction of sp³-hybridized carbons (Fsp3) is 0.571. The van der Waals surface area contributed by atoms with Gasteiger partial charge in [0.15, 0.2) is 0 Å². The first-order chi connectivity index (χ1) is 9.49. The summed E-state index contributed by atoms with van der Waals surface area (Å²) in [5, 5.41) is 11.1. The molecule has 1 heterocycles. The Morgan fingerprint density at radius 1 is 1.52 bits per heavy atom. The summed E-state index contributed by atoms with van der Waals surface area (Å²) in [6.45, 7) is 3.69. The molecule has 0 aromatic heterocycles. The van der Waals surface area contributed by atoms with Crippen LogP contribution in [0.5, 0.6) is 0 Å². The molecule has 7 heteroatoms. The molecule has 0 radical (unpaired) electrons. The summed E-state index contributed by atoms with van der Waals surface area (Å²) >= 11 is 5.84. The molecule has 0 amide bonds. The Bertz CT molecular complexity index is 497. The first kappa shape index (κ1) is 18.2. The van der Waals surface area contributed by atoms with E-state index in [9.17, 15) is 10.1 Å². The topological polar surface area (TPSA) is 72.4 Å². The first-order valence-electron chi connectivity index (χ1n) is 6.91. The standard InChI is InChI=1S/C14H20ClN3O2.ClH/c1-10(16)13-4-2-3-7-17(13)9-11-5-6-12(15)14(8-11)18(19)20;/h5-6,8,10,13H,2-4,7,9,16H2,1H3;1H. The molecule has 5 nitrogen and oxygen atoms in total. The van der Waals surface area contributed by atoms with Crippen LogP contribution in [0.25, 0.3) is 0 Å². The van der Waals surface area contributed by atoms with Crippen LogP contribution in [0.2, 0.25) is 5.02 Å². The molecule has 1 aromatic carbocycles. The Hall–Kier alpha value is -0.880. The predicted octanol–water partition coefficient (Wildman–Crippen LogP) is 3.37. The van der Waals surface area contributed by atoms with Crippen LogP contribution in [0.3, 0.4) is 0 Å². The van der Waals surface area contributed by atoms with Gasteiger partial charge in [0.05, 0.1) is 4.92 Å². The number of nitro benzene ring substituents is 1. The summed E-state index contributed by atoms with van der Waals surface area (Å²) in [5.41, 5.74) is 6.92. The lowest BCUT2D eigenvalue weighted by Gasteiger charge is -2.38. The maximum atomic E-state index is 10.9. The normalized spacial score (nSPS) is 20.6. The zero-order chi connectivity index (χ0) is 14.7. The Balaban J connectivity index is 0.00000220. The van der Waals surface area contributed by atoms with E-state index in [1.165, 1.54) is 6.42 Å². The molecule has 2 N–H and O–H groups in total. The van der Waals surface area contributed by atoms with E-state index >= 15 is 0 Å². The maximum absolute atomic E-state index is 10.9. The molecule has 1 saturated heterocycles. The third-order valence-corrected chi connectivity index (χ3v) is 4.18. The smallest absolute Gasteiger partial charge is 0.288 e. The van der Waals surface area contributed by atoms with Gasteiger partial charge in [-0.1, -0.05) is 24.1 Å². The second-order valence-corrected chi connectivity index (χ2v) is 5.84. The number of nitrogens with zero attached hydrogens (tertiary/aromatic N) is 2. The summed E-state index contributed by atoms with van der Waals surface area (Å²) in [6, 6.07) is 5.47. The highest BCUT2D eigenvalue weighted by Crippen LogP contribution is 2.27. The quantitative estimate of drug-likeness (QED) is 0.677. The Kier molecular flexibility index (Phi) is 6.87. The molecule has 1 aliphatic rings. The molecular formula is C14H21Cl2N3O2. The van der Waals surface area contributed by atoms with Crippen molar-refractivity contribution in [2.24, 2.45) is 5.73 Å². The summed E-state index contributed by atoms with van der Waals surface area (Å²) in [5.74, 6) is 0. The highest BCUT2D eigenvalue weighted by molar-refractivity contribution is 6.32. The number of nitro groups is 1. The second kappa shape index (κ2) is 7.94. The molecule has 1 aromatic rings. The molecule has 118 valence electrons. The van der Waals surface area contributed by atoms with E-state index in [2.05, 4.69) is 4.90 Å². The number of nitrogens with two attached hydrogens (primary N) is 1. The molecule has 0 aliphatic carbocycles. The lowest BCUT2D eigenvalue weighted by Crippen LogP contribution is -2.48. The van der Waals surface area contributed by atoms with E-state index in [0.29, 0.717) is 12.6 Å². The minimum absolute atomic E-state index is 0. The Labute approximate surface area is 136 Å². The predicted molar refractivity (Wildman–Crippen MR) is 87.1 cm³/mol. The van der Waals surface area contributed by atoms with Gasteiger partial charge in [-0.15, -0.1) is 12.4 Å². The van der Waals surface area contributed by atoms with Gasteiger partial charge in [0.2, 0.25) is 0 Å². The average Bonchev–Trinajstić information content (AvgIpc) is 2.41. The van der Waals surface area contributed by atoms with E-state index < -0.39 is 4.92 Å². The SMILES string of the molecule is CC(N)C1CCCCN1Cc1ccc(Cl)c([N+](=O)[O-])c1.Cl. The van der Waals surface area contributed by atoms with Crippen molar-refractivity contribution in [3.05, 3.63) is 38.9 Å². The van der Waals surface area contributed by atoms with Gasteiger partial charge in [-0.05, 0) is 37.9 Å². The number of likely N-dealkylation sites (tertiary alicyclic amines) is 1. The molecule has 0 bridgehead atoms. The van der Waals surface area contributed by atoms with Gasteiger partial charge in [0, 0.05) is 24.7 Å². The van der Waals surface area contributed by atoms with E-state index in [1.807, 2.05) is 13.0 Å². The van der Waals surface area contributed by atoms with Crippen molar-refractivity contribution in [2.75, 3.05) is 6.54 Å². The first-order valence-corrected chi connectivity index (χ1v) is 7.29. The molecule has 2 atom stereocenters. The van der Waals surface area contributed by atoms with Crippen molar-refractivity contribution >= 4 is 29.7 Å². The maximum Gasteiger partial charge on any atom is 0.288 e. The van der Waals surface area contributed by atoms with Crippen LogP contribution in [-0.4, -0.2) is 28.5 Å². The second-order valence-electron chi connectivity index (χ2n) is 5.44. The lowest BCUT2D eigenvalue weighted by atomic mass is 9.96. The van der Waals surface area contributed by atoms with Gasteiger partial charge in [-0.2, -0.15) is 0 Å². The van der Waals surface area contributed by atoms with Crippen LogP contribution in [0.4, 0.5) is 5.69 Å².